The molecule has 0 aliphatic carbocycles. The number of hydrogen-bond acceptors (Lipinski definition) is 4. The van der Waals surface area contributed by atoms with Crippen molar-refractivity contribution in [2.75, 3.05) is 24.3 Å². The van der Waals surface area contributed by atoms with E-state index in [0.29, 0.717) is 22.2 Å². The first-order valence-electron chi connectivity index (χ1n) is 5.86. The van der Waals surface area contributed by atoms with Gasteiger partial charge in [0.05, 0.1) is 22.1 Å². The van der Waals surface area contributed by atoms with Gasteiger partial charge in [-0.15, -0.1) is 0 Å². The minimum absolute atomic E-state index is 0.175. The number of aryl methyl sites for hydroxylation is 2. The number of anilines is 2. The highest BCUT2D eigenvalue weighted by Gasteiger charge is 2.15. The molecule has 1 heterocycles. The van der Waals surface area contributed by atoms with Crippen LogP contribution in [-0.2, 0) is 0 Å². The lowest BCUT2D eigenvalue weighted by Gasteiger charge is -2.12. The minimum atomic E-state index is -0.485. The molecule has 1 aromatic heterocycles. The predicted molar refractivity (Wildman–Crippen MR) is 75.3 cm³/mol. The van der Waals surface area contributed by atoms with E-state index < -0.39 is 6.67 Å². The van der Waals surface area contributed by atoms with Gasteiger partial charge >= 0.3 is 0 Å². The second-order valence-corrected chi connectivity index (χ2v) is 4.64. The summed E-state index contributed by atoms with van der Waals surface area (Å²) in [6.07, 6.45) is 0. The maximum atomic E-state index is 12.2. The quantitative estimate of drug-likeness (QED) is 0.842. The minimum Gasteiger partial charge on any atom is -0.397 e. The Morgan fingerprint density at radius 3 is 2.68 bits per heavy atom. The van der Waals surface area contributed by atoms with E-state index in [1.165, 1.54) is 0 Å². The third-order valence-corrected chi connectivity index (χ3v) is 3.14. The normalized spacial score (nSPS) is 10.7. The van der Waals surface area contributed by atoms with Gasteiger partial charge in [-0.2, -0.15) is 0 Å². The van der Waals surface area contributed by atoms with Gasteiger partial charge in [0.15, 0.2) is 0 Å². The number of nitrogens with two attached hydrogens (primary N) is 1. The van der Waals surface area contributed by atoms with Crippen LogP contribution in [0.5, 0.6) is 0 Å². The SMILES string of the molecule is Cc1noc(C)c1-c1cc(N)c(NCCF)c(Cl)c1. The van der Waals surface area contributed by atoms with E-state index >= 15 is 0 Å². The van der Waals surface area contributed by atoms with Crippen molar-refractivity contribution >= 4 is 23.0 Å². The van der Waals surface area contributed by atoms with Crippen LogP contribution in [0, 0.1) is 13.8 Å². The second kappa shape index (κ2) is 5.48. The standard InChI is InChI=1S/C13H15ClFN3O/c1-7-12(8(2)19-18-7)9-5-10(14)13(11(16)6-9)17-4-3-15/h5-6,17H,3-4,16H2,1-2H3. The van der Waals surface area contributed by atoms with Crippen LogP contribution in [0.4, 0.5) is 15.8 Å². The smallest absolute Gasteiger partial charge is 0.141 e. The van der Waals surface area contributed by atoms with E-state index in [2.05, 4.69) is 10.5 Å². The van der Waals surface area contributed by atoms with Crippen molar-refractivity contribution in [3.05, 3.63) is 28.6 Å². The zero-order valence-corrected chi connectivity index (χ0v) is 11.5. The highest BCUT2D eigenvalue weighted by Crippen LogP contribution is 2.36. The van der Waals surface area contributed by atoms with Crippen molar-refractivity contribution in [1.29, 1.82) is 0 Å². The average Bonchev–Trinajstić information content (AvgIpc) is 2.68. The molecule has 0 aliphatic heterocycles. The summed E-state index contributed by atoms with van der Waals surface area (Å²) in [6.45, 7) is 3.37. The summed E-state index contributed by atoms with van der Waals surface area (Å²) in [4.78, 5) is 0. The van der Waals surface area contributed by atoms with Crippen LogP contribution >= 0.6 is 11.6 Å². The predicted octanol–water partition coefficient (Wildman–Crippen LogP) is 3.58. The third-order valence-electron chi connectivity index (χ3n) is 2.84. The summed E-state index contributed by atoms with van der Waals surface area (Å²) >= 11 is 6.18. The van der Waals surface area contributed by atoms with E-state index in [1.807, 2.05) is 13.8 Å². The first-order valence-corrected chi connectivity index (χ1v) is 6.24. The number of aromatic nitrogens is 1. The van der Waals surface area contributed by atoms with Crippen LogP contribution < -0.4 is 11.1 Å². The van der Waals surface area contributed by atoms with Crippen LogP contribution in [0.25, 0.3) is 11.1 Å². The fourth-order valence-electron chi connectivity index (χ4n) is 2.03. The van der Waals surface area contributed by atoms with Crippen LogP contribution in [-0.4, -0.2) is 18.4 Å². The molecular formula is C13H15ClFN3O. The first-order chi connectivity index (χ1) is 9.04. The monoisotopic (exact) mass is 283 g/mol. The van der Waals surface area contributed by atoms with Gasteiger partial charge in [0.2, 0.25) is 0 Å². The molecule has 0 saturated carbocycles. The fourth-order valence-corrected chi connectivity index (χ4v) is 2.32. The summed E-state index contributed by atoms with van der Waals surface area (Å²) in [5.41, 5.74) is 9.46. The number of nitrogens with one attached hydrogen (secondary N) is 1. The van der Waals surface area contributed by atoms with Crippen LogP contribution in [0.15, 0.2) is 16.7 Å². The zero-order valence-electron chi connectivity index (χ0n) is 10.8. The highest BCUT2D eigenvalue weighted by atomic mass is 35.5. The number of nitrogen functional groups attached to an aromatic ring is 1. The van der Waals surface area contributed by atoms with Crippen LogP contribution in [0.3, 0.4) is 0 Å². The summed E-state index contributed by atoms with van der Waals surface area (Å²) in [5.74, 6) is 0.706. The summed E-state index contributed by atoms with van der Waals surface area (Å²) in [7, 11) is 0. The molecule has 0 aliphatic rings. The maximum absolute atomic E-state index is 12.2. The molecule has 3 N–H and O–H groups in total. The largest absolute Gasteiger partial charge is 0.397 e. The molecule has 2 rings (SSSR count). The molecule has 4 nitrogen and oxygen atoms in total. The van der Waals surface area contributed by atoms with Crippen molar-refractivity contribution in [3.63, 3.8) is 0 Å². The second-order valence-electron chi connectivity index (χ2n) is 4.24. The van der Waals surface area contributed by atoms with E-state index in [0.717, 1.165) is 16.8 Å². The summed E-state index contributed by atoms with van der Waals surface area (Å²) < 4.78 is 17.3. The lowest BCUT2D eigenvalue weighted by molar-refractivity contribution is 0.393. The molecule has 0 amide bonds. The number of rotatable bonds is 4. The van der Waals surface area contributed by atoms with Gasteiger partial charge in [-0.05, 0) is 31.5 Å². The number of alkyl halides is 1. The summed E-state index contributed by atoms with van der Waals surface area (Å²) in [5, 5.41) is 7.21. The fraction of sp³-hybridized carbons (Fsp3) is 0.308. The van der Waals surface area contributed by atoms with Crippen molar-refractivity contribution in [3.8, 4) is 11.1 Å². The molecule has 0 saturated heterocycles. The number of nitrogens with zero attached hydrogens (tertiary/aromatic N) is 1. The Labute approximate surface area is 115 Å². The van der Waals surface area contributed by atoms with Crippen molar-refractivity contribution in [2.24, 2.45) is 0 Å². The van der Waals surface area contributed by atoms with Crippen LogP contribution in [0.1, 0.15) is 11.5 Å². The number of halogens is 2. The molecule has 19 heavy (non-hydrogen) atoms. The molecule has 0 radical (unpaired) electrons. The Hall–Kier alpha value is -1.75. The molecule has 0 unspecified atom stereocenters. The Morgan fingerprint density at radius 2 is 2.16 bits per heavy atom. The maximum Gasteiger partial charge on any atom is 0.141 e. The molecule has 0 fully saturated rings. The highest BCUT2D eigenvalue weighted by molar-refractivity contribution is 6.34. The van der Waals surface area contributed by atoms with Gasteiger partial charge in [0.1, 0.15) is 12.4 Å². The van der Waals surface area contributed by atoms with E-state index in [-0.39, 0.29) is 6.54 Å². The molecule has 0 bridgehead atoms. The van der Waals surface area contributed by atoms with Crippen molar-refractivity contribution in [1.82, 2.24) is 5.16 Å². The molecule has 0 spiro atoms. The summed E-state index contributed by atoms with van der Waals surface area (Å²) in [6, 6.07) is 3.55. The van der Waals surface area contributed by atoms with Gasteiger partial charge in [0.25, 0.3) is 0 Å². The molecule has 102 valence electrons. The number of benzene rings is 1. The van der Waals surface area contributed by atoms with Crippen LogP contribution in [0.2, 0.25) is 5.02 Å². The topological polar surface area (TPSA) is 64.1 Å². The Kier molecular flexibility index (Phi) is 3.95. The Bertz CT molecular complexity index is 555. The Morgan fingerprint density at radius 1 is 1.42 bits per heavy atom. The molecule has 2 aromatic rings. The van der Waals surface area contributed by atoms with Crippen molar-refractivity contribution in [2.45, 2.75) is 13.8 Å². The third kappa shape index (κ3) is 2.66. The van der Waals surface area contributed by atoms with Gasteiger partial charge < -0.3 is 15.6 Å². The lowest BCUT2D eigenvalue weighted by Crippen LogP contribution is -2.06. The van der Waals surface area contributed by atoms with Gasteiger partial charge in [-0.1, -0.05) is 16.8 Å². The molecule has 6 heteroatoms. The first kappa shape index (κ1) is 13.7. The molecule has 0 atom stereocenters. The lowest BCUT2D eigenvalue weighted by atomic mass is 10.0. The Balaban J connectivity index is 2.45. The van der Waals surface area contributed by atoms with E-state index in [1.54, 1.807) is 12.1 Å². The molecular weight excluding hydrogens is 269 g/mol. The molecule has 1 aromatic carbocycles. The van der Waals surface area contributed by atoms with E-state index in [4.69, 9.17) is 21.9 Å². The number of hydrogen-bond donors (Lipinski definition) is 2. The zero-order chi connectivity index (χ0) is 14.0. The van der Waals surface area contributed by atoms with Crippen molar-refractivity contribution < 1.29 is 8.91 Å². The van der Waals surface area contributed by atoms with Gasteiger partial charge in [-0.25, -0.2) is 4.39 Å². The average molecular weight is 284 g/mol. The van der Waals surface area contributed by atoms with Gasteiger partial charge in [0, 0.05) is 12.1 Å². The van der Waals surface area contributed by atoms with E-state index in [9.17, 15) is 4.39 Å². The van der Waals surface area contributed by atoms with Gasteiger partial charge in [-0.3, -0.25) is 0 Å².